The van der Waals surface area contributed by atoms with Crippen LogP contribution in [0.3, 0.4) is 0 Å². The third-order valence-corrected chi connectivity index (χ3v) is 2.30. The molecule has 0 N–H and O–H groups in total. The Bertz CT molecular complexity index is 118. The lowest BCUT2D eigenvalue weighted by Crippen LogP contribution is -2.33. The zero-order valence-electron chi connectivity index (χ0n) is 8.42. The Labute approximate surface area is 75.3 Å². The monoisotopic (exact) mass is 172 g/mol. The van der Waals surface area contributed by atoms with Gasteiger partial charge in [0.25, 0.3) is 0 Å². The first kappa shape index (κ1) is 9.96. The van der Waals surface area contributed by atoms with E-state index in [1.165, 1.54) is 0 Å². The Kier molecular flexibility index (Phi) is 3.98. The Morgan fingerprint density at radius 2 is 1.67 bits per heavy atom. The van der Waals surface area contributed by atoms with Gasteiger partial charge in [0, 0.05) is 32.8 Å². The van der Waals surface area contributed by atoms with E-state index in [-0.39, 0.29) is 0 Å². The van der Waals surface area contributed by atoms with Crippen molar-refractivity contribution in [3.05, 3.63) is 0 Å². The Morgan fingerprint density at radius 3 is 2.08 bits per heavy atom. The molecule has 0 aromatic rings. The maximum Gasteiger partial charge on any atom is 0.0828 e. The summed E-state index contributed by atoms with van der Waals surface area (Å²) in [6.45, 7) is 7.33. The van der Waals surface area contributed by atoms with E-state index in [4.69, 9.17) is 4.74 Å². The largest absolute Gasteiger partial charge is 0.376 e. The average Bonchev–Trinajstić information content (AvgIpc) is 2.14. The van der Waals surface area contributed by atoms with E-state index in [0.717, 1.165) is 32.8 Å². The van der Waals surface area contributed by atoms with Crippen LogP contribution in [-0.2, 0) is 4.74 Å². The van der Waals surface area contributed by atoms with Crippen molar-refractivity contribution in [2.24, 2.45) is 0 Å². The summed E-state index contributed by atoms with van der Waals surface area (Å²) in [5.74, 6) is 0. The van der Waals surface area contributed by atoms with Crippen molar-refractivity contribution in [2.75, 3.05) is 46.9 Å². The summed E-state index contributed by atoms with van der Waals surface area (Å²) in [7, 11) is 4.32. The number of likely N-dealkylation sites (N-methyl/N-ethyl adjacent to an activating group) is 2. The Morgan fingerprint density at radius 1 is 1.17 bits per heavy atom. The third kappa shape index (κ3) is 3.09. The molecule has 1 aliphatic heterocycles. The van der Waals surface area contributed by atoms with E-state index < -0.39 is 0 Å². The van der Waals surface area contributed by atoms with Crippen molar-refractivity contribution >= 4 is 0 Å². The lowest BCUT2D eigenvalue weighted by atomic mass is 10.3. The number of hydrogen-bond donors (Lipinski definition) is 0. The summed E-state index contributed by atoms with van der Waals surface area (Å²) < 4.78 is 5.62. The second-order valence-corrected chi connectivity index (χ2v) is 3.60. The molecule has 0 spiro atoms. The van der Waals surface area contributed by atoms with Crippen molar-refractivity contribution < 1.29 is 4.74 Å². The smallest absolute Gasteiger partial charge is 0.0828 e. The van der Waals surface area contributed by atoms with Gasteiger partial charge in [-0.2, -0.15) is 0 Å². The van der Waals surface area contributed by atoms with Gasteiger partial charge in [0.2, 0.25) is 0 Å². The summed E-state index contributed by atoms with van der Waals surface area (Å²) in [4.78, 5) is 4.67. The molecule has 1 aliphatic rings. The highest BCUT2D eigenvalue weighted by Crippen LogP contribution is 2.03. The molecule has 12 heavy (non-hydrogen) atoms. The predicted octanol–water partition coefficient (Wildman–Crippen LogP) is 0.269. The summed E-state index contributed by atoms with van der Waals surface area (Å²) in [5, 5.41) is 0. The molecular formula is C9H20N2O. The van der Waals surface area contributed by atoms with Crippen molar-refractivity contribution in [2.45, 2.75) is 13.0 Å². The molecule has 0 saturated carbocycles. The van der Waals surface area contributed by atoms with Gasteiger partial charge >= 0.3 is 0 Å². The van der Waals surface area contributed by atoms with Crippen LogP contribution in [0.15, 0.2) is 0 Å². The molecule has 0 atom stereocenters. The normalized spacial score (nSPS) is 24.2. The van der Waals surface area contributed by atoms with Crippen LogP contribution in [-0.4, -0.2) is 62.8 Å². The summed E-state index contributed by atoms with van der Waals surface area (Å²) in [6, 6.07) is 0. The molecule has 1 saturated heterocycles. The van der Waals surface area contributed by atoms with Crippen molar-refractivity contribution in [3.63, 3.8) is 0 Å². The molecule has 0 aromatic heterocycles. The fraction of sp³-hybridized carbons (Fsp3) is 1.00. The molecule has 0 aromatic carbocycles. The molecule has 72 valence electrons. The fourth-order valence-electron chi connectivity index (χ4n) is 1.62. The molecule has 0 amide bonds. The van der Waals surface area contributed by atoms with Crippen LogP contribution in [0.4, 0.5) is 0 Å². The van der Waals surface area contributed by atoms with Crippen LogP contribution < -0.4 is 0 Å². The number of hydrogen-bond acceptors (Lipinski definition) is 3. The maximum atomic E-state index is 5.62. The van der Waals surface area contributed by atoms with Crippen LogP contribution in [0, 0.1) is 0 Å². The molecule has 1 heterocycles. The van der Waals surface area contributed by atoms with Crippen molar-refractivity contribution in [1.29, 1.82) is 0 Å². The van der Waals surface area contributed by atoms with E-state index in [1.807, 2.05) is 0 Å². The van der Waals surface area contributed by atoms with Crippen molar-refractivity contribution in [1.82, 2.24) is 9.80 Å². The number of nitrogens with zero attached hydrogens (tertiary/aromatic N) is 2. The van der Waals surface area contributed by atoms with Crippen LogP contribution in [0.1, 0.15) is 6.92 Å². The fourth-order valence-corrected chi connectivity index (χ4v) is 1.62. The highest BCUT2D eigenvalue weighted by atomic mass is 16.5. The highest BCUT2D eigenvalue weighted by Gasteiger charge is 2.18. The summed E-state index contributed by atoms with van der Waals surface area (Å²) in [5.41, 5.74) is 0. The van der Waals surface area contributed by atoms with Gasteiger partial charge in [0.1, 0.15) is 0 Å². The number of ether oxygens (including phenoxy) is 1. The minimum absolute atomic E-state index is 0.396. The topological polar surface area (TPSA) is 15.7 Å². The van der Waals surface area contributed by atoms with Gasteiger partial charge in [-0.3, -0.25) is 0 Å². The number of rotatable bonds is 2. The summed E-state index contributed by atoms with van der Waals surface area (Å²) >= 11 is 0. The predicted molar refractivity (Wildman–Crippen MR) is 50.4 cm³/mol. The zero-order valence-corrected chi connectivity index (χ0v) is 8.42. The lowest BCUT2D eigenvalue weighted by molar-refractivity contribution is 0.0364. The second-order valence-electron chi connectivity index (χ2n) is 3.60. The van der Waals surface area contributed by atoms with E-state index in [0.29, 0.717) is 6.10 Å². The Hall–Kier alpha value is -0.120. The van der Waals surface area contributed by atoms with Gasteiger partial charge in [-0.25, -0.2) is 0 Å². The van der Waals surface area contributed by atoms with Crippen LogP contribution in [0.5, 0.6) is 0 Å². The van der Waals surface area contributed by atoms with Crippen molar-refractivity contribution in [3.8, 4) is 0 Å². The first-order valence-electron chi connectivity index (χ1n) is 4.71. The highest BCUT2D eigenvalue weighted by molar-refractivity contribution is 4.72. The molecule has 1 rings (SSSR count). The quantitative estimate of drug-likeness (QED) is 0.594. The molecular weight excluding hydrogens is 152 g/mol. The SMILES string of the molecule is CCOC1CN(C)CCN(C)C1. The van der Waals surface area contributed by atoms with Crippen LogP contribution in [0.25, 0.3) is 0 Å². The minimum atomic E-state index is 0.396. The molecule has 0 bridgehead atoms. The van der Waals surface area contributed by atoms with Crippen LogP contribution >= 0.6 is 0 Å². The average molecular weight is 172 g/mol. The van der Waals surface area contributed by atoms with Gasteiger partial charge < -0.3 is 14.5 Å². The summed E-state index contributed by atoms with van der Waals surface area (Å²) in [6.07, 6.45) is 0.396. The van der Waals surface area contributed by atoms with E-state index >= 15 is 0 Å². The first-order chi connectivity index (χ1) is 5.72. The molecule has 1 fully saturated rings. The first-order valence-corrected chi connectivity index (χ1v) is 4.71. The third-order valence-electron chi connectivity index (χ3n) is 2.30. The van der Waals surface area contributed by atoms with Gasteiger partial charge in [0.05, 0.1) is 6.10 Å². The standard InChI is InChI=1S/C9H20N2O/c1-4-12-9-7-10(2)5-6-11(3)8-9/h9H,4-8H2,1-3H3. The molecule has 3 nitrogen and oxygen atoms in total. The molecule has 0 unspecified atom stereocenters. The van der Waals surface area contributed by atoms with Gasteiger partial charge in [-0.1, -0.05) is 0 Å². The van der Waals surface area contributed by atoms with Gasteiger partial charge in [-0.15, -0.1) is 0 Å². The maximum absolute atomic E-state index is 5.62. The van der Waals surface area contributed by atoms with Gasteiger partial charge in [0.15, 0.2) is 0 Å². The van der Waals surface area contributed by atoms with E-state index in [1.54, 1.807) is 0 Å². The lowest BCUT2D eigenvalue weighted by Gasteiger charge is -2.20. The molecule has 3 heteroatoms. The minimum Gasteiger partial charge on any atom is -0.376 e. The molecule has 0 aliphatic carbocycles. The van der Waals surface area contributed by atoms with E-state index in [2.05, 4.69) is 30.8 Å². The van der Waals surface area contributed by atoms with E-state index in [9.17, 15) is 0 Å². The van der Waals surface area contributed by atoms with Gasteiger partial charge in [-0.05, 0) is 21.0 Å². The van der Waals surface area contributed by atoms with Crippen LogP contribution in [0.2, 0.25) is 0 Å². The Balaban J connectivity index is 2.38. The zero-order chi connectivity index (χ0) is 8.97. The molecule has 0 radical (unpaired) electrons. The second kappa shape index (κ2) is 4.80.